The Morgan fingerprint density at radius 3 is 2.87 bits per heavy atom. The van der Waals surface area contributed by atoms with Gasteiger partial charge in [-0.15, -0.1) is 0 Å². The minimum Gasteiger partial charge on any atom is -0.310 e. The summed E-state index contributed by atoms with van der Waals surface area (Å²) in [5.41, 5.74) is 2.60. The number of para-hydroxylation sites is 1. The van der Waals surface area contributed by atoms with Gasteiger partial charge in [-0.3, -0.25) is 14.3 Å². The topological polar surface area (TPSA) is 59.8 Å². The molecule has 1 N–H and O–H groups in total. The molecule has 0 saturated carbocycles. The Kier molecular flexibility index (Phi) is 3.35. The van der Waals surface area contributed by atoms with Gasteiger partial charge < -0.3 is 5.32 Å². The van der Waals surface area contributed by atoms with E-state index >= 15 is 0 Å². The average Bonchev–Trinajstić information content (AvgIpc) is 2.99. The highest BCUT2D eigenvalue weighted by molar-refractivity contribution is 6.32. The van der Waals surface area contributed by atoms with Crippen molar-refractivity contribution >= 4 is 23.3 Å². The monoisotopic (exact) mass is 324 g/mol. The van der Waals surface area contributed by atoms with Crippen molar-refractivity contribution in [3.05, 3.63) is 71.4 Å². The lowest BCUT2D eigenvalue weighted by Gasteiger charge is -2.23. The van der Waals surface area contributed by atoms with Crippen LogP contribution in [-0.4, -0.2) is 20.4 Å². The van der Waals surface area contributed by atoms with Crippen molar-refractivity contribution in [3.63, 3.8) is 0 Å². The van der Waals surface area contributed by atoms with Gasteiger partial charge in [0.1, 0.15) is 12.1 Å². The minimum atomic E-state index is -0.101. The number of hydrogen-bond acceptors (Lipinski definition) is 3. The van der Waals surface area contributed by atoms with Crippen LogP contribution in [0.4, 0.5) is 5.82 Å². The van der Waals surface area contributed by atoms with E-state index in [2.05, 4.69) is 15.3 Å². The second kappa shape index (κ2) is 5.52. The molecule has 3 aromatic rings. The normalized spacial score (nSPS) is 16.7. The lowest BCUT2D eigenvalue weighted by molar-refractivity contribution is -0.116. The van der Waals surface area contributed by atoms with Crippen LogP contribution in [0.15, 0.2) is 55.1 Å². The van der Waals surface area contributed by atoms with Crippen LogP contribution in [0.5, 0.6) is 0 Å². The molecular weight excluding hydrogens is 312 g/mol. The SMILES string of the molecule is O=C1C[C@@H](c2cccnc2)c2ncn(-c3ccccc3Cl)c2N1. The fourth-order valence-corrected chi connectivity index (χ4v) is 3.12. The van der Waals surface area contributed by atoms with Gasteiger partial charge >= 0.3 is 0 Å². The molecule has 2 aromatic heterocycles. The van der Waals surface area contributed by atoms with E-state index in [1.165, 1.54) is 0 Å². The standard InChI is InChI=1S/C17H13ClN4O/c18-13-5-1-2-6-14(13)22-10-20-16-12(8-15(23)21-17(16)22)11-4-3-7-19-9-11/h1-7,9-10,12H,8H2,(H,21,23)/t12-/m0/s1. The van der Waals surface area contributed by atoms with E-state index in [0.717, 1.165) is 16.9 Å². The lowest BCUT2D eigenvalue weighted by Crippen LogP contribution is -2.25. The third kappa shape index (κ3) is 2.39. The number of amides is 1. The highest BCUT2D eigenvalue weighted by Crippen LogP contribution is 2.37. The van der Waals surface area contributed by atoms with Crippen molar-refractivity contribution < 1.29 is 4.79 Å². The van der Waals surface area contributed by atoms with Crippen molar-refractivity contribution in [1.29, 1.82) is 0 Å². The summed E-state index contributed by atoms with van der Waals surface area (Å²) in [6.45, 7) is 0. The summed E-state index contributed by atoms with van der Waals surface area (Å²) in [7, 11) is 0. The first-order valence-corrected chi connectivity index (χ1v) is 7.64. The van der Waals surface area contributed by atoms with Gasteiger partial charge in [0.15, 0.2) is 0 Å². The molecule has 0 spiro atoms. The molecule has 0 bridgehead atoms. The van der Waals surface area contributed by atoms with E-state index in [9.17, 15) is 4.79 Å². The summed E-state index contributed by atoms with van der Waals surface area (Å²) in [4.78, 5) is 20.8. The molecule has 114 valence electrons. The maximum atomic E-state index is 12.2. The Morgan fingerprint density at radius 1 is 1.22 bits per heavy atom. The van der Waals surface area contributed by atoms with Crippen LogP contribution in [0.2, 0.25) is 5.02 Å². The van der Waals surface area contributed by atoms with Gasteiger partial charge in [-0.05, 0) is 23.8 Å². The van der Waals surface area contributed by atoms with Crippen molar-refractivity contribution in [3.8, 4) is 5.69 Å². The fraction of sp³-hybridized carbons (Fsp3) is 0.118. The Labute approximate surface area is 138 Å². The van der Waals surface area contributed by atoms with Crippen molar-refractivity contribution in [2.45, 2.75) is 12.3 Å². The quantitative estimate of drug-likeness (QED) is 0.786. The van der Waals surface area contributed by atoms with Gasteiger partial charge in [-0.25, -0.2) is 4.98 Å². The van der Waals surface area contributed by atoms with Crippen LogP contribution in [0, 0.1) is 0 Å². The van der Waals surface area contributed by atoms with Crippen LogP contribution in [0.1, 0.15) is 23.6 Å². The molecule has 1 atom stereocenters. The number of carbonyl (C=O) groups is 1. The average molecular weight is 325 g/mol. The van der Waals surface area contributed by atoms with Gasteiger partial charge in [0, 0.05) is 24.7 Å². The van der Waals surface area contributed by atoms with Gasteiger partial charge in [0.25, 0.3) is 0 Å². The van der Waals surface area contributed by atoms with E-state index in [1.807, 2.05) is 41.0 Å². The number of anilines is 1. The summed E-state index contributed by atoms with van der Waals surface area (Å²) < 4.78 is 1.82. The third-order valence-corrected chi connectivity index (χ3v) is 4.29. The number of pyridine rings is 1. The Balaban J connectivity index is 1.85. The molecule has 23 heavy (non-hydrogen) atoms. The number of fused-ring (bicyclic) bond motifs is 1. The maximum absolute atomic E-state index is 12.2. The van der Waals surface area contributed by atoms with E-state index in [-0.39, 0.29) is 11.8 Å². The van der Waals surface area contributed by atoms with E-state index < -0.39 is 0 Å². The number of hydrogen-bond donors (Lipinski definition) is 1. The Hall–Kier alpha value is -2.66. The largest absolute Gasteiger partial charge is 0.310 e. The summed E-state index contributed by atoms with van der Waals surface area (Å²) >= 11 is 6.28. The molecule has 0 radical (unpaired) electrons. The molecule has 6 heteroatoms. The molecule has 0 fully saturated rings. The van der Waals surface area contributed by atoms with Crippen LogP contribution in [0.3, 0.4) is 0 Å². The number of aromatic nitrogens is 3. The Bertz CT molecular complexity index is 875. The Morgan fingerprint density at radius 2 is 2.09 bits per heavy atom. The van der Waals surface area contributed by atoms with E-state index in [0.29, 0.717) is 17.3 Å². The second-order valence-electron chi connectivity index (χ2n) is 5.39. The molecule has 0 aliphatic carbocycles. The van der Waals surface area contributed by atoms with Gasteiger partial charge in [0.2, 0.25) is 5.91 Å². The van der Waals surface area contributed by atoms with E-state index in [4.69, 9.17) is 11.6 Å². The predicted octanol–water partition coefficient (Wildman–Crippen LogP) is 3.39. The molecule has 4 rings (SSSR count). The molecule has 0 saturated heterocycles. The summed E-state index contributed by atoms with van der Waals surface area (Å²) in [5, 5.41) is 3.52. The molecule has 1 aromatic carbocycles. The van der Waals surface area contributed by atoms with Gasteiger partial charge in [-0.2, -0.15) is 0 Å². The zero-order valence-electron chi connectivity index (χ0n) is 12.1. The molecule has 1 aliphatic heterocycles. The number of rotatable bonds is 2. The maximum Gasteiger partial charge on any atom is 0.226 e. The van der Waals surface area contributed by atoms with Crippen LogP contribution in [0.25, 0.3) is 5.69 Å². The summed E-state index contributed by atoms with van der Waals surface area (Å²) in [6.07, 6.45) is 5.55. The number of nitrogens with one attached hydrogen (secondary N) is 1. The molecular formula is C17H13ClN4O. The van der Waals surface area contributed by atoms with Crippen LogP contribution >= 0.6 is 11.6 Å². The lowest BCUT2D eigenvalue weighted by atomic mass is 9.91. The van der Waals surface area contributed by atoms with Crippen molar-refractivity contribution in [2.24, 2.45) is 0 Å². The molecule has 0 unspecified atom stereocenters. The number of benzene rings is 1. The van der Waals surface area contributed by atoms with Crippen molar-refractivity contribution in [1.82, 2.24) is 14.5 Å². The first-order chi connectivity index (χ1) is 11.2. The number of nitrogens with zero attached hydrogens (tertiary/aromatic N) is 3. The highest BCUT2D eigenvalue weighted by atomic mass is 35.5. The van der Waals surface area contributed by atoms with Crippen LogP contribution in [-0.2, 0) is 4.79 Å². The fourth-order valence-electron chi connectivity index (χ4n) is 2.89. The van der Waals surface area contributed by atoms with E-state index in [1.54, 1.807) is 18.7 Å². The third-order valence-electron chi connectivity index (χ3n) is 3.97. The van der Waals surface area contributed by atoms with Gasteiger partial charge in [-0.1, -0.05) is 29.8 Å². The highest BCUT2D eigenvalue weighted by Gasteiger charge is 2.31. The zero-order valence-corrected chi connectivity index (χ0v) is 12.9. The first kappa shape index (κ1) is 14.0. The smallest absolute Gasteiger partial charge is 0.226 e. The summed E-state index contributed by atoms with van der Waals surface area (Å²) in [6, 6.07) is 11.3. The summed E-state index contributed by atoms with van der Waals surface area (Å²) in [5.74, 6) is 0.527. The second-order valence-corrected chi connectivity index (χ2v) is 5.80. The van der Waals surface area contributed by atoms with Gasteiger partial charge in [0.05, 0.1) is 16.4 Å². The molecule has 5 nitrogen and oxygen atoms in total. The predicted molar refractivity (Wildman–Crippen MR) is 87.9 cm³/mol. The molecule has 1 amide bonds. The minimum absolute atomic E-state index is 0.0415. The number of imidazole rings is 1. The van der Waals surface area contributed by atoms with Crippen LogP contribution < -0.4 is 5.32 Å². The van der Waals surface area contributed by atoms with Crippen molar-refractivity contribution in [2.75, 3.05) is 5.32 Å². The first-order valence-electron chi connectivity index (χ1n) is 7.26. The molecule has 1 aliphatic rings. The molecule has 3 heterocycles. The zero-order chi connectivity index (χ0) is 15.8. The number of carbonyl (C=O) groups excluding carboxylic acids is 1. The number of halogens is 1.